The number of hydrogen-bond donors (Lipinski definition) is 2. The predicted molar refractivity (Wildman–Crippen MR) is 125 cm³/mol. The maximum Gasteiger partial charge on any atom is 0.293 e. The Morgan fingerprint density at radius 3 is 2.40 bits per heavy atom. The molecule has 0 bridgehead atoms. The number of aryl methyl sites for hydroxylation is 2. The highest BCUT2D eigenvalue weighted by atomic mass is 32.1. The van der Waals surface area contributed by atoms with Crippen molar-refractivity contribution in [3.8, 4) is 11.3 Å². The lowest BCUT2D eigenvalue weighted by molar-refractivity contribution is 0.0951. The van der Waals surface area contributed by atoms with Crippen molar-refractivity contribution >= 4 is 34.6 Å². The smallest absolute Gasteiger partial charge is 0.293 e. The van der Waals surface area contributed by atoms with E-state index >= 15 is 0 Å². The second-order valence-electron chi connectivity index (χ2n) is 7.61. The standard InChI is InChI=1S/C24H25N3O2S/c1-16-5-6-18(15-17(16)2)21-11-12-22(29-21)23(28)26-24(30)25-19-7-9-20(10-8-19)27-13-3-4-14-27/h5-12,15H,3-4,13-14H2,1-2H3,(H2,25,26,28,30). The van der Waals surface area contributed by atoms with E-state index in [4.69, 9.17) is 16.6 Å². The van der Waals surface area contributed by atoms with Gasteiger partial charge in [-0.05, 0) is 92.5 Å². The Kier molecular flexibility index (Phi) is 5.86. The minimum atomic E-state index is -0.378. The van der Waals surface area contributed by atoms with E-state index in [0.717, 1.165) is 24.3 Å². The van der Waals surface area contributed by atoms with Crippen LogP contribution in [0.25, 0.3) is 11.3 Å². The average Bonchev–Trinajstić information content (AvgIpc) is 3.43. The summed E-state index contributed by atoms with van der Waals surface area (Å²) < 4.78 is 5.75. The molecule has 6 heteroatoms. The third-order valence-electron chi connectivity index (χ3n) is 5.44. The van der Waals surface area contributed by atoms with Crippen molar-refractivity contribution < 1.29 is 9.21 Å². The van der Waals surface area contributed by atoms with Gasteiger partial charge < -0.3 is 14.6 Å². The molecule has 1 aliphatic heterocycles. The van der Waals surface area contributed by atoms with Gasteiger partial charge in [0.2, 0.25) is 0 Å². The Labute approximate surface area is 182 Å². The number of hydrogen-bond acceptors (Lipinski definition) is 4. The van der Waals surface area contributed by atoms with Gasteiger partial charge in [0.1, 0.15) is 5.76 Å². The Bertz CT molecular complexity index is 1070. The van der Waals surface area contributed by atoms with E-state index in [1.165, 1.54) is 29.7 Å². The summed E-state index contributed by atoms with van der Waals surface area (Å²) in [6.07, 6.45) is 2.49. The van der Waals surface area contributed by atoms with Crippen molar-refractivity contribution in [1.82, 2.24) is 5.32 Å². The zero-order chi connectivity index (χ0) is 21.1. The molecule has 0 atom stereocenters. The van der Waals surface area contributed by atoms with Gasteiger partial charge in [-0.3, -0.25) is 10.1 Å². The minimum Gasteiger partial charge on any atom is -0.451 e. The number of amides is 1. The van der Waals surface area contributed by atoms with Gasteiger partial charge in [-0.25, -0.2) is 0 Å². The molecule has 0 radical (unpaired) electrons. The van der Waals surface area contributed by atoms with Crippen molar-refractivity contribution in [2.75, 3.05) is 23.3 Å². The highest BCUT2D eigenvalue weighted by Crippen LogP contribution is 2.25. The summed E-state index contributed by atoms with van der Waals surface area (Å²) in [7, 11) is 0. The fraction of sp³-hybridized carbons (Fsp3) is 0.250. The van der Waals surface area contributed by atoms with Crippen LogP contribution in [0.1, 0.15) is 34.5 Å². The molecule has 0 saturated carbocycles. The summed E-state index contributed by atoms with van der Waals surface area (Å²) in [6.45, 7) is 6.33. The molecule has 2 aromatic carbocycles. The molecule has 1 amide bonds. The molecule has 2 heterocycles. The van der Waals surface area contributed by atoms with E-state index < -0.39 is 0 Å². The van der Waals surface area contributed by atoms with Gasteiger partial charge in [-0.1, -0.05) is 12.1 Å². The number of benzene rings is 2. The topological polar surface area (TPSA) is 57.5 Å². The number of carbonyl (C=O) groups excluding carboxylic acids is 1. The maximum absolute atomic E-state index is 12.5. The molecule has 1 aromatic heterocycles. The van der Waals surface area contributed by atoms with Crippen LogP contribution >= 0.6 is 12.2 Å². The van der Waals surface area contributed by atoms with E-state index in [1.807, 2.05) is 30.3 Å². The molecular formula is C24H25N3O2S. The van der Waals surface area contributed by atoms with Crippen molar-refractivity contribution in [2.24, 2.45) is 0 Å². The monoisotopic (exact) mass is 419 g/mol. The van der Waals surface area contributed by atoms with Crippen LogP contribution in [0.15, 0.2) is 59.0 Å². The lowest BCUT2D eigenvalue weighted by Crippen LogP contribution is -2.33. The third-order valence-corrected chi connectivity index (χ3v) is 5.65. The molecule has 1 saturated heterocycles. The Hall–Kier alpha value is -3.12. The summed E-state index contributed by atoms with van der Waals surface area (Å²) in [5, 5.41) is 5.96. The molecule has 2 N–H and O–H groups in total. The van der Waals surface area contributed by atoms with Crippen molar-refractivity contribution in [3.63, 3.8) is 0 Å². The fourth-order valence-electron chi connectivity index (χ4n) is 3.57. The molecule has 0 unspecified atom stereocenters. The van der Waals surface area contributed by atoms with E-state index in [-0.39, 0.29) is 16.8 Å². The van der Waals surface area contributed by atoms with Gasteiger partial charge >= 0.3 is 0 Å². The molecule has 5 nitrogen and oxygen atoms in total. The average molecular weight is 420 g/mol. The number of carbonyl (C=O) groups is 1. The Morgan fingerprint density at radius 2 is 1.70 bits per heavy atom. The maximum atomic E-state index is 12.5. The summed E-state index contributed by atoms with van der Waals surface area (Å²) in [6, 6.07) is 17.6. The normalized spacial score (nSPS) is 13.3. The van der Waals surface area contributed by atoms with Gasteiger partial charge in [0.25, 0.3) is 5.91 Å². The third kappa shape index (κ3) is 4.54. The summed E-state index contributed by atoms with van der Waals surface area (Å²) in [5.74, 6) is 0.493. The van der Waals surface area contributed by atoms with Gasteiger partial charge in [0.15, 0.2) is 10.9 Å². The second-order valence-corrected chi connectivity index (χ2v) is 8.02. The van der Waals surface area contributed by atoms with Gasteiger partial charge in [0.05, 0.1) is 0 Å². The molecule has 30 heavy (non-hydrogen) atoms. The zero-order valence-corrected chi connectivity index (χ0v) is 18.0. The van der Waals surface area contributed by atoms with Gasteiger partial charge in [0, 0.05) is 30.0 Å². The van der Waals surface area contributed by atoms with E-state index in [2.05, 4.69) is 41.5 Å². The van der Waals surface area contributed by atoms with Crippen molar-refractivity contribution in [3.05, 3.63) is 71.5 Å². The van der Waals surface area contributed by atoms with Crippen LogP contribution in [0.3, 0.4) is 0 Å². The first-order chi connectivity index (χ1) is 14.5. The number of furan rings is 1. The molecule has 4 rings (SSSR count). The first-order valence-corrected chi connectivity index (χ1v) is 10.6. The summed E-state index contributed by atoms with van der Waals surface area (Å²) >= 11 is 5.29. The largest absolute Gasteiger partial charge is 0.451 e. The highest BCUT2D eigenvalue weighted by Gasteiger charge is 2.15. The van der Waals surface area contributed by atoms with Crippen molar-refractivity contribution in [1.29, 1.82) is 0 Å². The molecule has 154 valence electrons. The summed E-state index contributed by atoms with van der Waals surface area (Å²) in [5.41, 5.74) is 5.38. The van der Waals surface area contributed by atoms with Crippen LogP contribution in [-0.2, 0) is 0 Å². The van der Waals surface area contributed by atoms with Gasteiger partial charge in [-0.15, -0.1) is 0 Å². The molecule has 1 aliphatic rings. The number of nitrogens with zero attached hydrogens (tertiary/aromatic N) is 1. The SMILES string of the molecule is Cc1ccc(-c2ccc(C(=O)NC(=S)Nc3ccc(N4CCCC4)cc3)o2)cc1C. The molecule has 0 aliphatic carbocycles. The Balaban J connectivity index is 1.36. The number of thiocarbonyl (C=S) groups is 1. The number of anilines is 2. The van der Waals surface area contributed by atoms with E-state index in [1.54, 1.807) is 12.1 Å². The first kappa shape index (κ1) is 20.2. The van der Waals surface area contributed by atoms with Crippen molar-refractivity contribution in [2.45, 2.75) is 26.7 Å². The lowest BCUT2D eigenvalue weighted by Gasteiger charge is -2.18. The number of nitrogens with one attached hydrogen (secondary N) is 2. The Morgan fingerprint density at radius 1 is 0.967 bits per heavy atom. The van der Waals surface area contributed by atoms with E-state index in [0.29, 0.717) is 5.76 Å². The lowest BCUT2D eigenvalue weighted by atomic mass is 10.1. The highest BCUT2D eigenvalue weighted by molar-refractivity contribution is 7.80. The number of rotatable bonds is 4. The second kappa shape index (κ2) is 8.71. The molecule has 0 spiro atoms. The fourth-order valence-corrected chi connectivity index (χ4v) is 3.78. The molecule has 1 fully saturated rings. The van der Waals surface area contributed by atoms with Crippen LogP contribution in [-0.4, -0.2) is 24.1 Å². The van der Waals surface area contributed by atoms with Crippen LogP contribution in [0.4, 0.5) is 11.4 Å². The minimum absolute atomic E-state index is 0.219. The van der Waals surface area contributed by atoms with Crippen LogP contribution in [0.5, 0.6) is 0 Å². The van der Waals surface area contributed by atoms with E-state index in [9.17, 15) is 4.79 Å². The van der Waals surface area contributed by atoms with Gasteiger partial charge in [-0.2, -0.15) is 0 Å². The zero-order valence-electron chi connectivity index (χ0n) is 17.2. The van der Waals surface area contributed by atoms with Crippen LogP contribution < -0.4 is 15.5 Å². The first-order valence-electron chi connectivity index (χ1n) is 10.1. The quantitative estimate of drug-likeness (QED) is 0.563. The molecule has 3 aromatic rings. The van der Waals surface area contributed by atoms with Crippen LogP contribution in [0.2, 0.25) is 0 Å². The molecular weight excluding hydrogens is 394 g/mol. The van der Waals surface area contributed by atoms with Crippen LogP contribution in [0, 0.1) is 13.8 Å². The summed E-state index contributed by atoms with van der Waals surface area (Å²) in [4.78, 5) is 14.9. The predicted octanol–water partition coefficient (Wildman–Crippen LogP) is 5.29.